The summed E-state index contributed by atoms with van der Waals surface area (Å²) in [5.41, 5.74) is -0.639. The van der Waals surface area contributed by atoms with Crippen LogP contribution in [0.3, 0.4) is 0 Å². The summed E-state index contributed by atoms with van der Waals surface area (Å²) in [4.78, 5) is 11.9. The second kappa shape index (κ2) is 5.12. The highest BCUT2D eigenvalue weighted by molar-refractivity contribution is 5.70. The molecular formula is C16H25N3O4. The molecule has 0 aromatic carbocycles. The van der Waals surface area contributed by atoms with E-state index in [-0.39, 0.29) is 23.8 Å². The Morgan fingerprint density at radius 3 is 2.70 bits per heavy atom. The molecule has 0 radical (unpaired) electrons. The average molecular weight is 323 g/mol. The summed E-state index contributed by atoms with van der Waals surface area (Å²) in [5.74, 6) is 0.657. The predicted octanol–water partition coefficient (Wildman–Crippen LogP) is 1.80. The zero-order valence-electron chi connectivity index (χ0n) is 14.1. The van der Waals surface area contributed by atoms with Gasteiger partial charge in [0.25, 0.3) is 0 Å². The van der Waals surface area contributed by atoms with E-state index in [0.29, 0.717) is 5.75 Å². The number of hydrogen-bond acceptors (Lipinski definition) is 5. The molecule has 0 spiro atoms. The molecule has 3 fully saturated rings. The van der Waals surface area contributed by atoms with Gasteiger partial charge in [-0.3, -0.25) is 4.68 Å². The monoisotopic (exact) mass is 323 g/mol. The number of aliphatic hydroxyl groups excluding tert-OH is 1. The molecule has 3 aliphatic carbocycles. The SMILES string of the molecule is C[C@H](O)COc1cnn(C23CC(NC(=O)OC(C)(C)C)(C2)C3)c1. The van der Waals surface area contributed by atoms with E-state index < -0.39 is 11.7 Å². The van der Waals surface area contributed by atoms with Gasteiger partial charge in [-0.2, -0.15) is 5.10 Å². The summed E-state index contributed by atoms with van der Waals surface area (Å²) in [6, 6.07) is 0. The van der Waals surface area contributed by atoms with E-state index in [1.165, 1.54) is 0 Å². The number of aromatic nitrogens is 2. The van der Waals surface area contributed by atoms with E-state index in [9.17, 15) is 9.90 Å². The van der Waals surface area contributed by atoms with Crippen LogP contribution < -0.4 is 10.1 Å². The van der Waals surface area contributed by atoms with Crippen molar-refractivity contribution in [3.63, 3.8) is 0 Å². The Balaban J connectivity index is 1.52. The van der Waals surface area contributed by atoms with Gasteiger partial charge in [0.05, 0.1) is 29.6 Å². The van der Waals surface area contributed by atoms with Gasteiger partial charge in [0.2, 0.25) is 0 Å². The fraction of sp³-hybridized carbons (Fsp3) is 0.750. The molecule has 2 bridgehead atoms. The molecule has 1 amide bonds. The number of ether oxygens (including phenoxy) is 2. The number of aliphatic hydroxyl groups is 1. The van der Waals surface area contributed by atoms with Gasteiger partial charge >= 0.3 is 6.09 Å². The Morgan fingerprint density at radius 1 is 1.48 bits per heavy atom. The summed E-state index contributed by atoms with van der Waals surface area (Å²) in [6.45, 7) is 7.50. The summed E-state index contributed by atoms with van der Waals surface area (Å²) < 4.78 is 12.7. The fourth-order valence-electron chi connectivity index (χ4n) is 3.49. The number of rotatable bonds is 5. The molecule has 7 nitrogen and oxygen atoms in total. The van der Waals surface area contributed by atoms with Gasteiger partial charge in [0.15, 0.2) is 5.75 Å². The van der Waals surface area contributed by atoms with Gasteiger partial charge in [0.1, 0.15) is 12.2 Å². The van der Waals surface area contributed by atoms with Gasteiger partial charge in [-0.1, -0.05) is 0 Å². The molecule has 0 aliphatic heterocycles. The largest absolute Gasteiger partial charge is 0.488 e. The van der Waals surface area contributed by atoms with E-state index >= 15 is 0 Å². The third-order valence-electron chi connectivity index (χ3n) is 4.30. The van der Waals surface area contributed by atoms with Crippen molar-refractivity contribution in [1.29, 1.82) is 0 Å². The van der Waals surface area contributed by atoms with Crippen LogP contribution in [0.15, 0.2) is 12.4 Å². The smallest absolute Gasteiger partial charge is 0.408 e. The zero-order valence-corrected chi connectivity index (χ0v) is 14.1. The van der Waals surface area contributed by atoms with Crippen LogP contribution in [0.4, 0.5) is 4.79 Å². The molecule has 1 heterocycles. The standard InChI is InChI=1S/C16H25N3O4/c1-11(20)7-22-12-5-17-19(6-12)16-8-15(9-16,10-16)18-13(21)23-14(2,3)4/h5-6,11,20H,7-10H2,1-4H3,(H,18,21)/t11-,15?,16?/m0/s1. The van der Waals surface area contributed by atoms with Crippen LogP contribution in [0, 0.1) is 0 Å². The third-order valence-corrected chi connectivity index (χ3v) is 4.30. The molecule has 2 N–H and O–H groups in total. The predicted molar refractivity (Wildman–Crippen MR) is 83.3 cm³/mol. The van der Waals surface area contributed by atoms with Crippen molar-refractivity contribution in [3.05, 3.63) is 12.4 Å². The Hall–Kier alpha value is -1.76. The molecule has 7 heteroatoms. The van der Waals surface area contributed by atoms with Crippen molar-refractivity contribution in [2.24, 2.45) is 0 Å². The minimum Gasteiger partial charge on any atom is -0.488 e. The topological polar surface area (TPSA) is 85.6 Å². The molecule has 23 heavy (non-hydrogen) atoms. The third kappa shape index (κ3) is 3.15. The average Bonchev–Trinajstić information content (AvgIpc) is 2.75. The molecule has 1 aromatic heterocycles. The van der Waals surface area contributed by atoms with Crippen LogP contribution >= 0.6 is 0 Å². The van der Waals surface area contributed by atoms with Gasteiger partial charge in [-0.25, -0.2) is 4.79 Å². The van der Waals surface area contributed by atoms with Gasteiger partial charge in [0, 0.05) is 0 Å². The normalized spacial score (nSPS) is 30.0. The number of nitrogens with zero attached hydrogens (tertiary/aromatic N) is 2. The Morgan fingerprint density at radius 2 is 2.13 bits per heavy atom. The van der Waals surface area contributed by atoms with Crippen molar-refractivity contribution in [2.75, 3.05) is 6.61 Å². The van der Waals surface area contributed by atoms with Gasteiger partial charge < -0.3 is 19.9 Å². The molecule has 3 aliphatic rings. The summed E-state index contributed by atoms with van der Waals surface area (Å²) in [7, 11) is 0. The maximum atomic E-state index is 11.9. The summed E-state index contributed by atoms with van der Waals surface area (Å²) in [5, 5.41) is 16.6. The highest BCUT2D eigenvalue weighted by Crippen LogP contribution is 2.65. The number of carbonyl (C=O) groups is 1. The second-order valence-electron chi connectivity index (χ2n) is 7.94. The first-order chi connectivity index (χ1) is 10.6. The lowest BCUT2D eigenvalue weighted by Gasteiger charge is -2.69. The number of carbonyl (C=O) groups excluding carboxylic acids is 1. The second-order valence-corrected chi connectivity index (χ2v) is 7.94. The van der Waals surface area contributed by atoms with Crippen molar-refractivity contribution < 1.29 is 19.4 Å². The van der Waals surface area contributed by atoms with Crippen LogP contribution in [-0.2, 0) is 10.3 Å². The lowest BCUT2D eigenvalue weighted by molar-refractivity contribution is -0.143. The molecule has 4 rings (SSSR count). The van der Waals surface area contributed by atoms with E-state index in [1.807, 2.05) is 31.6 Å². The van der Waals surface area contributed by atoms with E-state index in [4.69, 9.17) is 9.47 Å². The molecular weight excluding hydrogens is 298 g/mol. The van der Waals surface area contributed by atoms with Crippen molar-refractivity contribution in [3.8, 4) is 5.75 Å². The highest BCUT2D eigenvalue weighted by atomic mass is 16.6. The van der Waals surface area contributed by atoms with Crippen LogP contribution in [0.5, 0.6) is 5.75 Å². The highest BCUT2D eigenvalue weighted by Gasteiger charge is 2.70. The van der Waals surface area contributed by atoms with E-state index in [1.54, 1.807) is 13.1 Å². The molecule has 3 saturated carbocycles. The van der Waals surface area contributed by atoms with Gasteiger partial charge in [-0.05, 0) is 47.0 Å². The van der Waals surface area contributed by atoms with Crippen LogP contribution in [0.2, 0.25) is 0 Å². The molecule has 1 aromatic rings. The maximum absolute atomic E-state index is 11.9. The number of alkyl carbamates (subject to hydrolysis) is 1. The number of hydrogen-bond donors (Lipinski definition) is 2. The zero-order chi connectivity index (χ0) is 16.9. The number of nitrogens with one attached hydrogen (secondary N) is 1. The fourth-order valence-corrected chi connectivity index (χ4v) is 3.49. The first kappa shape index (κ1) is 16.1. The van der Waals surface area contributed by atoms with Crippen molar-refractivity contribution in [1.82, 2.24) is 15.1 Å². The minimum atomic E-state index is -0.505. The lowest BCUT2D eigenvalue weighted by Crippen LogP contribution is -2.79. The quantitative estimate of drug-likeness (QED) is 0.863. The minimum absolute atomic E-state index is 0.0124. The summed E-state index contributed by atoms with van der Waals surface area (Å²) in [6.07, 6.45) is 5.24. The van der Waals surface area contributed by atoms with Gasteiger partial charge in [-0.15, -0.1) is 0 Å². The number of amides is 1. The Labute approximate surface area is 136 Å². The molecule has 0 saturated heterocycles. The lowest BCUT2D eigenvalue weighted by atomic mass is 9.44. The molecule has 0 unspecified atom stereocenters. The summed E-state index contributed by atoms with van der Waals surface area (Å²) >= 11 is 0. The molecule has 1 atom stereocenters. The first-order valence-corrected chi connectivity index (χ1v) is 7.99. The van der Waals surface area contributed by atoms with E-state index in [2.05, 4.69) is 10.4 Å². The van der Waals surface area contributed by atoms with Crippen LogP contribution in [0.1, 0.15) is 47.0 Å². The van der Waals surface area contributed by atoms with Crippen molar-refractivity contribution >= 4 is 6.09 Å². The van der Waals surface area contributed by atoms with Crippen LogP contribution in [-0.4, -0.2) is 44.8 Å². The van der Waals surface area contributed by atoms with Crippen molar-refractivity contribution in [2.45, 2.75) is 69.7 Å². The van der Waals surface area contributed by atoms with E-state index in [0.717, 1.165) is 19.3 Å². The first-order valence-electron chi connectivity index (χ1n) is 7.99. The molecule has 128 valence electrons. The maximum Gasteiger partial charge on any atom is 0.408 e. The Bertz CT molecular complexity index is 583. The Kier molecular flexibility index (Phi) is 3.59. The van der Waals surface area contributed by atoms with Crippen LogP contribution in [0.25, 0.3) is 0 Å².